The molecule has 91 heavy (non-hydrogen) atoms. The number of fused-ring (bicyclic) bond motifs is 2. The molecule has 7 rings (SSSR count). The summed E-state index contributed by atoms with van der Waals surface area (Å²) in [5.41, 5.74) is 5.15. The van der Waals surface area contributed by atoms with Crippen molar-refractivity contribution in [2.75, 3.05) is 47.1 Å². The number of ketones is 1. The van der Waals surface area contributed by atoms with Gasteiger partial charge in [0.1, 0.15) is 36.4 Å². The molecule has 23 nitrogen and oxygen atoms in total. The van der Waals surface area contributed by atoms with Gasteiger partial charge in [-0.25, -0.2) is 28.8 Å². The number of carboxylic acid groups (broad SMARTS) is 2. The number of aliphatic carboxylic acids is 2. The first-order chi connectivity index (χ1) is 42.8. The van der Waals surface area contributed by atoms with Crippen molar-refractivity contribution in [1.29, 1.82) is 0 Å². The second kappa shape index (κ2) is 31.8. The van der Waals surface area contributed by atoms with Gasteiger partial charge >= 0.3 is 48.3 Å². The third-order valence-electron chi connectivity index (χ3n) is 16.8. The number of ether oxygens (including phenoxy) is 6. The lowest BCUT2D eigenvalue weighted by molar-refractivity contribution is -0.146. The first-order valence-corrected chi connectivity index (χ1v) is 31.1. The van der Waals surface area contributed by atoms with Gasteiger partial charge in [-0.3, -0.25) is 29.1 Å². The third-order valence-corrected chi connectivity index (χ3v) is 16.8. The lowest BCUT2D eigenvalue weighted by Crippen LogP contribution is -2.49. The number of carbonyl (C=O) groups excluding carboxylic acids is 7. The molecule has 2 saturated heterocycles. The molecule has 0 radical (unpaired) electrons. The van der Waals surface area contributed by atoms with Crippen molar-refractivity contribution in [2.45, 2.75) is 183 Å². The molecule has 6 atom stereocenters. The summed E-state index contributed by atoms with van der Waals surface area (Å²) in [6.07, 6.45) is 6.39. The van der Waals surface area contributed by atoms with Gasteiger partial charge in [0.05, 0.1) is 40.5 Å². The molecular weight excluding hydrogens is 1170 g/mol. The number of methoxy groups -OCH3 is 2. The lowest BCUT2D eigenvalue weighted by Gasteiger charge is -2.29. The number of carboxylic acids is 2. The van der Waals surface area contributed by atoms with Crippen LogP contribution in [0.4, 0.5) is 19.2 Å². The van der Waals surface area contributed by atoms with Gasteiger partial charge < -0.3 is 54.6 Å². The zero-order valence-corrected chi connectivity index (χ0v) is 54.9. The number of hydrogen-bond acceptors (Lipinski definition) is 17. The highest BCUT2D eigenvalue weighted by molar-refractivity contribution is 5.98. The maximum absolute atomic E-state index is 13.3. The van der Waals surface area contributed by atoms with Crippen molar-refractivity contribution in [1.82, 2.24) is 30.7 Å². The molecule has 3 aromatic carbocycles. The lowest BCUT2D eigenvalue weighted by atomic mass is 9.87. The number of unbranched alkanes of at least 4 members (excludes halogenated alkanes) is 1. The van der Waals surface area contributed by atoms with Gasteiger partial charge in [-0.05, 0) is 87.1 Å². The summed E-state index contributed by atoms with van der Waals surface area (Å²) in [6, 6.07) is 17.7. The van der Waals surface area contributed by atoms with Gasteiger partial charge in [0, 0.05) is 51.1 Å². The molecule has 4 heterocycles. The number of Topliss-reactive ketones (excluding diaryl/α,β-unsaturated/α-hetero) is 1. The Morgan fingerprint density at radius 2 is 1.16 bits per heavy atom. The second-order valence-electron chi connectivity index (χ2n) is 27.7. The van der Waals surface area contributed by atoms with E-state index in [9.17, 15) is 53.4 Å². The molecule has 0 spiro atoms. The van der Waals surface area contributed by atoms with E-state index in [1.54, 1.807) is 80.5 Å². The highest BCUT2D eigenvalue weighted by atomic mass is 16.6. The molecular formula is C68H94N6O17. The monoisotopic (exact) mass is 1270 g/mol. The number of benzene rings is 3. The van der Waals surface area contributed by atoms with E-state index in [-0.39, 0.29) is 67.5 Å². The Labute approximate surface area is 534 Å². The van der Waals surface area contributed by atoms with Crippen LogP contribution in [0.1, 0.15) is 158 Å². The number of amides is 4. The smallest absolute Gasteiger partial charge is 0.410 e. The molecule has 498 valence electrons. The molecule has 0 saturated carbocycles. The fourth-order valence-electron chi connectivity index (χ4n) is 11.4. The number of likely N-dealkylation sites (tertiary alicyclic amines) is 1. The average Bonchev–Trinajstić information content (AvgIpc) is 1.86. The van der Waals surface area contributed by atoms with Crippen LogP contribution in [0.15, 0.2) is 72.8 Å². The number of carbonyl (C=O) groups is 9. The third kappa shape index (κ3) is 21.3. The Kier molecular flexibility index (Phi) is 25.2. The van der Waals surface area contributed by atoms with Crippen LogP contribution in [0.2, 0.25) is 0 Å². The van der Waals surface area contributed by atoms with E-state index in [1.807, 2.05) is 70.2 Å². The normalized spacial score (nSPS) is 18.8. The number of alkyl carbamates (subject to hydrolysis) is 2. The number of nitrogens with zero attached hydrogens (tertiary/aromatic N) is 3. The average molecular weight is 1270 g/mol. The van der Waals surface area contributed by atoms with E-state index < -0.39 is 77.3 Å². The standard InChI is InChI=1S/C38H49N3O9.C30H45N3O8/c1-37(2,3)32(33(43)44)39-35(46)49-24-38(4,5)18-11-10-13-25-16-12-17-27-20-41(22-29(25)27)36(47)50-28-19-30(34(45)48-6)40(21-28)23-31(42)26-14-8-7-9-15-26;1-29(2,3)24(25(34)35)32-27(37)40-18-30(4,5)13-8-7-10-19-11-9-12-20-16-33(17-22(19)20)28(38)41-21-14-23(31-15-21)26(36)39-6/h7-10,12-17,28,30,32H,11,18-24H2,1-6H3,(H,39,46)(H,43,44);9,11-12,21,23-24,31H,7-8,10,13-18H2,1-6H3,(H,32,37)(H,34,35)/b13-10+;/t28?,30-,32+;21?,23-,24+/m00/s1. The van der Waals surface area contributed by atoms with Gasteiger partial charge in [0.25, 0.3) is 0 Å². The fraction of sp³-hybridized carbons (Fsp3) is 0.574. The quantitative estimate of drug-likeness (QED) is 0.0241. The summed E-state index contributed by atoms with van der Waals surface area (Å²) in [5, 5.41) is 26.8. The first kappa shape index (κ1) is 72.0. The van der Waals surface area contributed by atoms with Gasteiger partial charge in [-0.2, -0.15) is 0 Å². The SMILES string of the molecule is COC(=O)[C@@H]1CC(OC(=O)N2Cc3cccc(/C=C/CCC(C)(C)COC(=O)N[C@H](C(=O)O)C(C)(C)C)c3C2)CN1CC(=O)c1ccccc1.COC(=O)[C@@H]1CC(OC(=O)N2Cc3cccc(CCCCC(C)(C)COC(=O)N[C@H](C(=O)O)C(C)(C)C)c3C2)CN1. The van der Waals surface area contributed by atoms with Crippen molar-refractivity contribution in [3.63, 3.8) is 0 Å². The molecule has 0 bridgehead atoms. The van der Waals surface area contributed by atoms with Crippen LogP contribution < -0.4 is 16.0 Å². The maximum Gasteiger partial charge on any atom is 0.410 e. The van der Waals surface area contributed by atoms with Crippen molar-refractivity contribution in [3.05, 3.63) is 112 Å². The minimum Gasteiger partial charge on any atom is -0.480 e. The van der Waals surface area contributed by atoms with Crippen molar-refractivity contribution in [2.24, 2.45) is 21.7 Å². The molecule has 3 aromatic rings. The van der Waals surface area contributed by atoms with Crippen molar-refractivity contribution >= 4 is 60.1 Å². The van der Waals surface area contributed by atoms with E-state index in [4.69, 9.17) is 28.4 Å². The summed E-state index contributed by atoms with van der Waals surface area (Å²) in [7, 11) is 2.64. The van der Waals surface area contributed by atoms with E-state index in [2.05, 4.69) is 28.1 Å². The minimum atomic E-state index is -1.12. The molecule has 0 aromatic heterocycles. The summed E-state index contributed by atoms with van der Waals surface area (Å²) < 4.78 is 32.0. The molecule has 2 unspecified atom stereocenters. The van der Waals surface area contributed by atoms with Crippen LogP contribution in [-0.4, -0.2) is 162 Å². The summed E-state index contributed by atoms with van der Waals surface area (Å²) in [6.45, 7) is 21.2. The fourth-order valence-corrected chi connectivity index (χ4v) is 11.4. The molecule has 4 aliphatic rings. The largest absolute Gasteiger partial charge is 0.480 e. The van der Waals surface area contributed by atoms with Crippen LogP contribution in [-0.2, 0) is 80.2 Å². The summed E-state index contributed by atoms with van der Waals surface area (Å²) in [5.74, 6) is -3.17. The number of esters is 2. The molecule has 4 aliphatic heterocycles. The van der Waals surface area contributed by atoms with Crippen molar-refractivity contribution in [3.8, 4) is 0 Å². The molecule has 5 N–H and O–H groups in total. The zero-order chi connectivity index (χ0) is 67.0. The van der Waals surface area contributed by atoms with Crippen LogP contribution in [0.3, 0.4) is 0 Å². The Hall–Kier alpha value is -8.05. The van der Waals surface area contributed by atoms with Crippen LogP contribution in [0.5, 0.6) is 0 Å². The van der Waals surface area contributed by atoms with Crippen molar-refractivity contribution < 1.29 is 81.8 Å². The predicted molar refractivity (Wildman–Crippen MR) is 337 cm³/mol. The molecule has 23 heteroatoms. The van der Waals surface area contributed by atoms with E-state index in [0.717, 1.165) is 53.5 Å². The van der Waals surface area contributed by atoms with Crippen LogP contribution >= 0.6 is 0 Å². The zero-order valence-electron chi connectivity index (χ0n) is 54.9. The Morgan fingerprint density at radius 3 is 1.73 bits per heavy atom. The van der Waals surface area contributed by atoms with Gasteiger partial charge in [-0.15, -0.1) is 0 Å². The second-order valence-corrected chi connectivity index (χ2v) is 27.7. The number of hydrogen-bond donors (Lipinski definition) is 5. The first-order valence-electron chi connectivity index (χ1n) is 31.1. The Balaban J connectivity index is 0.000000295. The van der Waals surface area contributed by atoms with Gasteiger partial charge in [0.2, 0.25) is 0 Å². The number of allylic oxidation sites excluding steroid dienone is 1. The van der Waals surface area contributed by atoms with E-state index >= 15 is 0 Å². The molecule has 2 fully saturated rings. The number of nitrogens with one attached hydrogen (secondary N) is 3. The van der Waals surface area contributed by atoms with E-state index in [1.165, 1.54) is 19.8 Å². The minimum absolute atomic E-state index is 0.00682. The topological polar surface area (TPSA) is 295 Å². The number of aryl methyl sites for hydroxylation is 1. The maximum atomic E-state index is 13.3. The van der Waals surface area contributed by atoms with Gasteiger partial charge in [-0.1, -0.05) is 155 Å². The highest BCUT2D eigenvalue weighted by Crippen LogP contribution is 2.33. The highest BCUT2D eigenvalue weighted by Gasteiger charge is 2.42. The summed E-state index contributed by atoms with van der Waals surface area (Å²) >= 11 is 0. The predicted octanol–water partition coefficient (Wildman–Crippen LogP) is 9.69. The Morgan fingerprint density at radius 1 is 0.626 bits per heavy atom. The molecule has 0 aliphatic carbocycles. The number of rotatable bonds is 24. The van der Waals surface area contributed by atoms with Gasteiger partial charge in [0.15, 0.2) is 5.78 Å². The molecule has 4 amide bonds. The van der Waals surface area contributed by atoms with Crippen LogP contribution in [0, 0.1) is 21.7 Å². The van der Waals surface area contributed by atoms with Crippen LogP contribution in [0.25, 0.3) is 6.08 Å². The Bertz CT molecular complexity index is 3100. The summed E-state index contributed by atoms with van der Waals surface area (Å²) in [4.78, 5) is 116. The van der Waals surface area contributed by atoms with E-state index in [0.29, 0.717) is 57.5 Å².